The zero-order chi connectivity index (χ0) is 14.7. The molecule has 0 aliphatic carbocycles. The molecule has 110 valence electrons. The number of anilines is 1. The summed E-state index contributed by atoms with van der Waals surface area (Å²) in [6.07, 6.45) is 2.31. The number of rotatable bonds is 4. The fourth-order valence-corrected chi connectivity index (χ4v) is 2.56. The van der Waals surface area contributed by atoms with Crippen LogP contribution in [0.5, 0.6) is 0 Å². The van der Waals surface area contributed by atoms with Crippen molar-refractivity contribution in [1.29, 1.82) is 0 Å². The summed E-state index contributed by atoms with van der Waals surface area (Å²) in [5.41, 5.74) is 9.66. The van der Waals surface area contributed by atoms with Crippen LogP contribution in [0, 0.1) is 5.92 Å². The number of nitrogens with zero attached hydrogens (tertiary/aromatic N) is 1. The summed E-state index contributed by atoms with van der Waals surface area (Å²) in [5.74, 6) is 0.0852. The van der Waals surface area contributed by atoms with Gasteiger partial charge in [0, 0.05) is 25.8 Å². The average Bonchev–Trinajstić information content (AvgIpc) is 2.44. The lowest BCUT2D eigenvalue weighted by atomic mass is 9.99. The van der Waals surface area contributed by atoms with E-state index in [-0.39, 0.29) is 11.8 Å². The highest BCUT2D eigenvalue weighted by molar-refractivity contribution is 5.81. The van der Waals surface area contributed by atoms with E-state index in [1.54, 1.807) is 0 Å². The summed E-state index contributed by atoms with van der Waals surface area (Å²) in [6, 6.07) is 6.01. The molecule has 1 atom stereocenters. The molecule has 0 spiro atoms. The summed E-state index contributed by atoms with van der Waals surface area (Å²) in [4.78, 5) is 14.1. The highest BCUT2D eigenvalue weighted by Crippen LogP contribution is 2.26. The molecule has 1 aromatic rings. The number of hydrogen-bond acceptors (Lipinski definition) is 3. The van der Waals surface area contributed by atoms with Crippen LogP contribution >= 0.6 is 0 Å². The van der Waals surface area contributed by atoms with Gasteiger partial charge in [-0.2, -0.15) is 0 Å². The lowest BCUT2D eigenvalue weighted by Gasteiger charge is -2.28. The fourth-order valence-electron chi connectivity index (χ4n) is 2.56. The van der Waals surface area contributed by atoms with E-state index < -0.39 is 6.04 Å². The molecule has 4 nitrogen and oxygen atoms in total. The van der Waals surface area contributed by atoms with Gasteiger partial charge in [0.2, 0.25) is 5.91 Å². The highest BCUT2D eigenvalue weighted by Gasteiger charge is 2.17. The second-order valence-electron chi connectivity index (χ2n) is 5.98. The van der Waals surface area contributed by atoms with E-state index in [0.29, 0.717) is 6.54 Å². The van der Waals surface area contributed by atoms with Crippen molar-refractivity contribution < 1.29 is 4.79 Å². The molecular weight excluding hydrogens is 250 g/mol. The molecule has 4 heteroatoms. The Balaban J connectivity index is 1.99. The van der Waals surface area contributed by atoms with E-state index in [1.807, 2.05) is 13.8 Å². The summed E-state index contributed by atoms with van der Waals surface area (Å²) in [6.45, 7) is 5.58. The second-order valence-corrected chi connectivity index (χ2v) is 5.98. The molecule has 0 radical (unpaired) electrons. The van der Waals surface area contributed by atoms with Gasteiger partial charge >= 0.3 is 0 Å². The number of amides is 1. The Morgan fingerprint density at radius 2 is 2.20 bits per heavy atom. The van der Waals surface area contributed by atoms with Crippen molar-refractivity contribution in [3.05, 3.63) is 29.3 Å². The topological polar surface area (TPSA) is 58.4 Å². The summed E-state index contributed by atoms with van der Waals surface area (Å²) >= 11 is 0. The number of nitrogens with one attached hydrogen (secondary N) is 1. The SMILES string of the molecule is CC(C)C(N)C(=O)NCc1ccc2c(c1)CCCN2C. The summed E-state index contributed by atoms with van der Waals surface area (Å²) in [7, 11) is 2.13. The van der Waals surface area contributed by atoms with Gasteiger partial charge in [-0.25, -0.2) is 0 Å². The van der Waals surface area contributed by atoms with Gasteiger partial charge in [-0.05, 0) is 36.0 Å². The number of benzene rings is 1. The van der Waals surface area contributed by atoms with Crippen molar-refractivity contribution in [2.75, 3.05) is 18.5 Å². The third-order valence-electron chi connectivity index (χ3n) is 3.98. The minimum absolute atomic E-state index is 0.0742. The zero-order valence-electron chi connectivity index (χ0n) is 12.6. The monoisotopic (exact) mass is 275 g/mol. The first-order valence-corrected chi connectivity index (χ1v) is 7.35. The number of aryl methyl sites for hydroxylation is 1. The van der Waals surface area contributed by atoms with Crippen molar-refractivity contribution in [1.82, 2.24) is 5.32 Å². The molecule has 1 aliphatic rings. The van der Waals surface area contributed by atoms with Gasteiger partial charge in [0.15, 0.2) is 0 Å². The van der Waals surface area contributed by atoms with Gasteiger partial charge in [0.05, 0.1) is 6.04 Å². The summed E-state index contributed by atoms with van der Waals surface area (Å²) in [5, 5.41) is 2.92. The molecule has 2 rings (SSSR count). The molecule has 0 saturated carbocycles. The maximum atomic E-state index is 11.9. The van der Waals surface area contributed by atoms with E-state index in [1.165, 1.54) is 17.7 Å². The van der Waals surface area contributed by atoms with Crippen LogP contribution in [-0.2, 0) is 17.8 Å². The molecule has 1 amide bonds. The first-order valence-electron chi connectivity index (χ1n) is 7.35. The van der Waals surface area contributed by atoms with Crippen LogP contribution in [0.25, 0.3) is 0 Å². The quantitative estimate of drug-likeness (QED) is 0.879. The van der Waals surface area contributed by atoms with E-state index in [9.17, 15) is 4.79 Å². The minimum atomic E-state index is -0.432. The fraction of sp³-hybridized carbons (Fsp3) is 0.562. The third-order valence-corrected chi connectivity index (χ3v) is 3.98. The van der Waals surface area contributed by atoms with Crippen LogP contribution in [0.15, 0.2) is 18.2 Å². The standard InChI is InChI=1S/C16H25N3O/c1-11(2)15(17)16(20)18-10-12-6-7-14-13(9-12)5-4-8-19(14)3/h6-7,9,11,15H,4-5,8,10,17H2,1-3H3,(H,18,20). The normalized spacial score (nSPS) is 15.9. The van der Waals surface area contributed by atoms with Gasteiger partial charge in [-0.3, -0.25) is 4.79 Å². The number of carbonyl (C=O) groups is 1. The molecule has 1 aliphatic heterocycles. The second kappa shape index (κ2) is 6.27. The van der Waals surface area contributed by atoms with Gasteiger partial charge in [0.1, 0.15) is 0 Å². The Hall–Kier alpha value is -1.55. The van der Waals surface area contributed by atoms with Gasteiger partial charge in [-0.15, -0.1) is 0 Å². The van der Waals surface area contributed by atoms with Gasteiger partial charge in [0.25, 0.3) is 0 Å². The molecule has 0 aromatic heterocycles. The molecule has 0 bridgehead atoms. The number of nitrogens with two attached hydrogens (primary N) is 1. The van der Waals surface area contributed by atoms with Crippen LogP contribution in [0.4, 0.5) is 5.69 Å². The largest absolute Gasteiger partial charge is 0.374 e. The van der Waals surface area contributed by atoms with E-state index in [2.05, 4.69) is 35.5 Å². The maximum Gasteiger partial charge on any atom is 0.237 e. The highest BCUT2D eigenvalue weighted by atomic mass is 16.2. The van der Waals surface area contributed by atoms with Gasteiger partial charge in [-0.1, -0.05) is 26.0 Å². The Kier molecular flexibility index (Phi) is 4.65. The lowest BCUT2D eigenvalue weighted by Crippen LogP contribution is -2.43. The first kappa shape index (κ1) is 14.9. The van der Waals surface area contributed by atoms with Crippen LogP contribution in [0.2, 0.25) is 0 Å². The smallest absolute Gasteiger partial charge is 0.237 e. The molecule has 1 aromatic carbocycles. The minimum Gasteiger partial charge on any atom is -0.374 e. The Labute approximate surface area is 121 Å². The van der Waals surface area contributed by atoms with Crippen molar-refractivity contribution in [2.24, 2.45) is 11.7 Å². The van der Waals surface area contributed by atoms with Crippen LogP contribution in [0.1, 0.15) is 31.4 Å². The van der Waals surface area contributed by atoms with Crippen molar-refractivity contribution in [3.8, 4) is 0 Å². The summed E-state index contributed by atoms with van der Waals surface area (Å²) < 4.78 is 0. The molecule has 3 N–H and O–H groups in total. The van der Waals surface area contributed by atoms with Crippen molar-refractivity contribution >= 4 is 11.6 Å². The molecule has 1 heterocycles. The van der Waals surface area contributed by atoms with Crippen molar-refractivity contribution in [2.45, 2.75) is 39.3 Å². The van der Waals surface area contributed by atoms with E-state index in [4.69, 9.17) is 5.73 Å². The van der Waals surface area contributed by atoms with E-state index in [0.717, 1.165) is 18.5 Å². The average molecular weight is 275 g/mol. The Morgan fingerprint density at radius 1 is 1.45 bits per heavy atom. The number of carbonyl (C=O) groups excluding carboxylic acids is 1. The first-order chi connectivity index (χ1) is 9.49. The van der Waals surface area contributed by atoms with Crippen LogP contribution < -0.4 is 16.0 Å². The van der Waals surface area contributed by atoms with Crippen molar-refractivity contribution in [3.63, 3.8) is 0 Å². The molecule has 0 saturated heterocycles. The number of hydrogen-bond donors (Lipinski definition) is 2. The predicted molar refractivity (Wildman–Crippen MR) is 82.7 cm³/mol. The van der Waals surface area contributed by atoms with Gasteiger partial charge < -0.3 is 16.0 Å². The Bertz CT molecular complexity index is 485. The Morgan fingerprint density at radius 3 is 2.90 bits per heavy atom. The molecule has 1 unspecified atom stereocenters. The molecule has 0 fully saturated rings. The molecule has 20 heavy (non-hydrogen) atoms. The van der Waals surface area contributed by atoms with Crippen LogP contribution in [-0.4, -0.2) is 25.5 Å². The predicted octanol–water partition coefficient (Wildman–Crippen LogP) is 1.67. The van der Waals surface area contributed by atoms with E-state index >= 15 is 0 Å². The zero-order valence-corrected chi connectivity index (χ0v) is 12.6. The third kappa shape index (κ3) is 3.31. The number of fused-ring (bicyclic) bond motifs is 1. The maximum absolute atomic E-state index is 11.9. The van der Waals surface area contributed by atoms with Crippen LogP contribution in [0.3, 0.4) is 0 Å². The molecular formula is C16H25N3O. The lowest BCUT2D eigenvalue weighted by molar-refractivity contribution is -0.123.